The lowest BCUT2D eigenvalue weighted by Crippen LogP contribution is -2.34. The van der Waals surface area contributed by atoms with Gasteiger partial charge in [0.05, 0.1) is 0 Å². The van der Waals surface area contributed by atoms with E-state index in [0.717, 1.165) is 12.2 Å². The molecule has 24 heavy (non-hydrogen) atoms. The Morgan fingerprint density at radius 3 is 2.21 bits per heavy atom. The smallest absolute Gasteiger partial charge is 0.253 e. The van der Waals surface area contributed by atoms with Crippen molar-refractivity contribution in [3.05, 3.63) is 60.2 Å². The van der Waals surface area contributed by atoms with Crippen LogP contribution in [0.5, 0.6) is 11.5 Å². The lowest BCUT2D eigenvalue weighted by Gasteiger charge is -2.21. The van der Waals surface area contributed by atoms with Crippen molar-refractivity contribution < 1.29 is 9.53 Å². The molecule has 2 N–H and O–H groups in total. The van der Waals surface area contributed by atoms with E-state index in [1.165, 1.54) is 0 Å². The number of carbonyl (C=O) groups excluding carboxylic acids is 1. The van der Waals surface area contributed by atoms with Crippen molar-refractivity contribution in [3.8, 4) is 11.5 Å². The van der Waals surface area contributed by atoms with Crippen LogP contribution in [0.15, 0.2) is 54.6 Å². The lowest BCUT2D eigenvalue weighted by molar-refractivity contribution is 0.0789. The molecule has 0 saturated heterocycles. The highest BCUT2D eigenvalue weighted by Crippen LogP contribution is 2.21. The number of nitrogens with two attached hydrogens (primary N) is 1. The van der Waals surface area contributed by atoms with E-state index < -0.39 is 0 Å². The van der Waals surface area contributed by atoms with E-state index in [2.05, 4.69) is 13.8 Å². The van der Waals surface area contributed by atoms with E-state index in [9.17, 15) is 4.79 Å². The minimum Gasteiger partial charge on any atom is -0.457 e. The van der Waals surface area contributed by atoms with Crippen LogP contribution in [0.1, 0.15) is 30.6 Å². The fourth-order valence-corrected chi connectivity index (χ4v) is 2.29. The molecule has 0 bridgehead atoms. The Kier molecular flexibility index (Phi) is 6.38. The average molecular weight is 326 g/mol. The summed E-state index contributed by atoms with van der Waals surface area (Å²) < 4.78 is 5.74. The molecule has 128 valence electrons. The van der Waals surface area contributed by atoms with Gasteiger partial charge in [0.2, 0.25) is 0 Å². The molecule has 0 aromatic heterocycles. The molecule has 4 nitrogen and oxygen atoms in total. The molecule has 0 aliphatic heterocycles. The number of rotatable bonds is 7. The van der Waals surface area contributed by atoms with E-state index in [0.29, 0.717) is 23.8 Å². The van der Waals surface area contributed by atoms with Crippen molar-refractivity contribution in [1.29, 1.82) is 0 Å². The second-order valence-corrected chi connectivity index (χ2v) is 6.36. The van der Waals surface area contributed by atoms with Gasteiger partial charge in [-0.05, 0) is 48.7 Å². The summed E-state index contributed by atoms with van der Waals surface area (Å²) >= 11 is 0. The van der Waals surface area contributed by atoms with E-state index in [1.54, 1.807) is 17.0 Å². The van der Waals surface area contributed by atoms with Crippen LogP contribution in [0.4, 0.5) is 0 Å². The van der Waals surface area contributed by atoms with Crippen molar-refractivity contribution in [1.82, 2.24) is 4.90 Å². The van der Waals surface area contributed by atoms with Crippen molar-refractivity contribution in [2.75, 3.05) is 13.6 Å². The first-order valence-corrected chi connectivity index (χ1v) is 8.31. The van der Waals surface area contributed by atoms with Gasteiger partial charge in [0.15, 0.2) is 0 Å². The standard InChI is InChI=1S/C20H26N2O2/c1-15(2)19(21)13-14-22(3)20(23)16-9-11-18(12-10-16)24-17-7-5-4-6-8-17/h4-12,15,19H,13-14,21H2,1-3H3. The van der Waals surface area contributed by atoms with E-state index >= 15 is 0 Å². The van der Waals surface area contributed by atoms with Gasteiger partial charge in [-0.25, -0.2) is 0 Å². The fraction of sp³-hybridized carbons (Fsp3) is 0.350. The first-order valence-electron chi connectivity index (χ1n) is 8.31. The Morgan fingerprint density at radius 2 is 1.62 bits per heavy atom. The number of nitrogens with zero attached hydrogens (tertiary/aromatic N) is 1. The summed E-state index contributed by atoms with van der Waals surface area (Å²) in [5, 5.41) is 0. The highest BCUT2D eigenvalue weighted by Gasteiger charge is 2.14. The van der Waals surface area contributed by atoms with Gasteiger partial charge >= 0.3 is 0 Å². The van der Waals surface area contributed by atoms with Gasteiger partial charge < -0.3 is 15.4 Å². The maximum Gasteiger partial charge on any atom is 0.253 e. The van der Waals surface area contributed by atoms with E-state index in [-0.39, 0.29) is 11.9 Å². The van der Waals surface area contributed by atoms with E-state index in [1.807, 2.05) is 49.5 Å². The van der Waals surface area contributed by atoms with Crippen molar-refractivity contribution >= 4 is 5.91 Å². The number of benzene rings is 2. The number of hydrogen-bond acceptors (Lipinski definition) is 3. The molecule has 0 spiro atoms. The Bertz CT molecular complexity index is 638. The largest absolute Gasteiger partial charge is 0.457 e. The van der Waals surface area contributed by atoms with Gasteiger partial charge in [0, 0.05) is 25.2 Å². The Hall–Kier alpha value is -2.33. The number of ether oxygens (including phenoxy) is 1. The molecule has 1 atom stereocenters. The zero-order valence-electron chi connectivity index (χ0n) is 14.6. The molecule has 2 rings (SSSR count). The molecule has 2 aromatic rings. The maximum atomic E-state index is 12.4. The zero-order valence-corrected chi connectivity index (χ0v) is 14.6. The molecular weight excluding hydrogens is 300 g/mol. The molecule has 0 saturated carbocycles. The van der Waals surface area contributed by atoms with Gasteiger partial charge in [-0.1, -0.05) is 32.0 Å². The molecular formula is C20H26N2O2. The molecule has 0 heterocycles. The summed E-state index contributed by atoms with van der Waals surface area (Å²) in [7, 11) is 1.81. The lowest BCUT2D eigenvalue weighted by atomic mass is 10.0. The van der Waals surface area contributed by atoms with Gasteiger partial charge in [-0.15, -0.1) is 0 Å². The summed E-state index contributed by atoms with van der Waals surface area (Å²) in [4.78, 5) is 14.2. The Labute approximate surface area is 144 Å². The second-order valence-electron chi connectivity index (χ2n) is 6.36. The Balaban J connectivity index is 1.93. The van der Waals surface area contributed by atoms with Gasteiger partial charge in [0.1, 0.15) is 11.5 Å². The van der Waals surface area contributed by atoms with Crippen LogP contribution in [0, 0.1) is 5.92 Å². The number of amides is 1. The van der Waals surface area contributed by atoms with Crippen molar-refractivity contribution in [2.24, 2.45) is 11.7 Å². The molecule has 1 amide bonds. The average Bonchev–Trinajstić information content (AvgIpc) is 2.60. The SMILES string of the molecule is CC(C)C(N)CCN(C)C(=O)c1ccc(Oc2ccccc2)cc1. The summed E-state index contributed by atoms with van der Waals surface area (Å²) in [5.41, 5.74) is 6.69. The third kappa shape index (κ3) is 5.10. The number of carbonyl (C=O) groups is 1. The molecule has 0 fully saturated rings. The first kappa shape index (κ1) is 18.0. The highest BCUT2D eigenvalue weighted by molar-refractivity contribution is 5.94. The highest BCUT2D eigenvalue weighted by atomic mass is 16.5. The van der Waals surface area contributed by atoms with Gasteiger partial charge in [-0.3, -0.25) is 4.79 Å². The molecule has 0 aliphatic rings. The van der Waals surface area contributed by atoms with Crippen molar-refractivity contribution in [3.63, 3.8) is 0 Å². The molecule has 2 aromatic carbocycles. The summed E-state index contributed by atoms with van der Waals surface area (Å²) in [6, 6.07) is 16.9. The van der Waals surface area contributed by atoms with Crippen LogP contribution >= 0.6 is 0 Å². The fourth-order valence-electron chi connectivity index (χ4n) is 2.29. The topological polar surface area (TPSA) is 55.6 Å². The quantitative estimate of drug-likeness (QED) is 0.839. The number of hydrogen-bond donors (Lipinski definition) is 1. The van der Waals surface area contributed by atoms with Crippen LogP contribution in [-0.4, -0.2) is 30.4 Å². The van der Waals surface area contributed by atoms with Gasteiger partial charge in [-0.2, -0.15) is 0 Å². The summed E-state index contributed by atoms with van der Waals surface area (Å²) in [6.07, 6.45) is 0.801. The van der Waals surface area contributed by atoms with Crippen LogP contribution in [0.25, 0.3) is 0 Å². The monoisotopic (exact) mass is 326 g/mol. The van der Waals surface area contributed by atoms with Gasteiger partial charge in [0.25, 0.3) is 5.91 Å². The molecule has 0 radical (unpaired) electrons. The molecule has 4 heteroatoms. The molecule has 0 aliphatic carbocycles. The predicted molar refractivity (Wildman–Crippen MR) is 97.3 cm³/mol. The second kappa shape index (κ2) is 8.50. The third-order valence-corrected chi connectivity index (χ3v) is 4.08. The molecule has 1 unspecified atom stereocenters. The Morgan fingerprint density at radius 1 is 1.04 bits per heavy atom. The first-order chi connectivity index (χ1) is 11.5. The van der Waals surface area contributed by atoms with Crippen LogP contribution in [-0.2, 0) is 0 Å². The van der Waals surface area contributed by atoms with Crippen LogP contribution in [0.2, 0.25) is 0 Å². The number of para-hydroxylation sites is 1. The predicted octanol–water partition coefficient (Wildman–Crippen LogP) is 3.92. The van der Waals surface area contributed by atoms with Crippen LogP contribution < -0.4 is 10.5 Å². The summed E-state index contributed by atoms with van der Waals surface area (Å²) in [6.45, 7) is 4.84. The van der Waals surface area contributed by atoms with E-state index in [4.69, 9.17) is 10.5 Å². The minimum absolute atomic E-state index is 0.00258. The van der Waals surface area contributed by atoms with Crippen LogP contribution in [0.3, 0.4) is 0 Å². The van der Waals surface area contributed by atoms with Crippen molar-refractivity contribution in [2.45, 2.75) is 26.3 Å². The normalized spacial score (nSPS) is 12.0. The maximum absolute atomic E-state index is 12.4. The third-order valence-electron chi connectivity index (χ3n) is 4.08. The zero-order chi connectivity index (χ0) is 17.5. The summed E-state index contributed by atoms with van der Waals surface area (Å²) in [5.74, 6) is 1.90. The minimum atomic E-state index is -0.00258.